The first-order chi connectivity index (χ1) is 10.7. The van der Waals surface area contributed by atoms with Gasteiger partial charge in [0.25, 0.3) is 5.56 Å². The summed E-state index contributed by atoms with van der Waals surface area (Å²) in [7, 11) is 0. The first-order valence-corrected chi connectivity index (χ1v) is 8.05. The second-order valence-corrected chi connectivity index (χ2v) is 6.17. The molecule has 2 aromatic rings. The summed E-state index contributed by atoms with van der Waals surface area (Å²) in [5.74, 6) is 1.19. The van der Waals surface area contributed by atoms with Crippen LogP contribution in [0.3, 0.4) is 0 Å². The van der Waals surface area contributed by atoms with Crippen LogP contribution in [-0.4, -0.2) is 27.7 Å². The van der Waals surface area contributed by atoms with Gasteiger partial charge < -0.3 is 15.4 Å². The number of nitrogens with zero attached hydrogens (tertiary/aromatic N) is 1. The highest BCUT2D eigenvalue weighted by atomic mass is 16.3. The number of aromatic amines is 1. The molecule has 1 fully saturated rings. The Morgan fingerprint density at radius 1 is 1.41 bits per heavy atom. The Balaban J connectivity index is 1.80. The third-order valence-electron chi connectivity index (χ3n) is 4.66. The Morgan fingerprint density at radius 2 is 2.23 bits per heavy atom. The van der Waals surface area contributed by atoms with Crippen molar-refractivity contribution in [2.45, 2.75) is 44.7 Å². The molecule has 0 radical (unpaired) electrons. The number of nitrogens with one attached hydrogen (secondary N) is 2. The average molecular weight is 301 g/mol. The van der Waals surface area contributed by atoms with Gasteiger partial charge in [-0.2, -0.15) is 0 Å². The van der Waals surface area contributed by atoms with Gasteiger partial charge in [0, 0.05) is 12.6 Å². The summed E-state index contributed by atoms with van der Waals surface area (Å²) >= 11 is 0. The highest BCUT2D eigenvalue weighted by Gasteiger charge is 2.28. The molecule has 22 heavy (non-hydrogen) atoms. The summed E-state index contributed by atoms with van der Waals surface area (Å²) in [6.07, 6.45) is 4.31. The predicted octanol–water partition coefficient (Wildman–Crippen LogP) is 2.12. The number of H-pyrrole nitrogens is 1. The van der Waals surface area contributed by atoms with Crippen LogP contribution < -0.4 is 10.9 Å². The van der Waals surface area contributed by atoms with Crippen molar-refractivity contribution in [3.05, 3.63) is 40.4 Å². The molecule has 118 valence electrons. The number of benzene rings is 1. The van der Waals surface area contributed by atoms with Crippen molar-refractivity contribution in [1.82, 2.24) is 15.3 Å². The van der Waals surface area contributed by atoms with E-state index in [0.717, 1.165) is 24.8 Å². The molecule has 1 aliphatic carbocycles. The summed E-state index contributed by atoms with van der Waals surface area (Å²) in [6.45, 7) is 2.27. The van der Waals surface area contributed by atoms with Crippen LogP contribution in [0.25, 0.3) is 10.9 Å². The molecule has 3 N–H and O–H groups in total. The summed E-state index contributed by atoms with van der Waals surface area (Å²) in [6, 6.07) is 7.77. The van der Waals surface area contributed by atoms with Gasteiger partial charge in [-0.1, -0.05) is 18.6 Å². The zero-order valence-electron chi connectivity index (χ0n) is 12.9. The lowest BCUT2D eigenvalue weighted by atomic mass is 9.99. The summed E-state index contributed by atoms with van der Waals surface area (Å²) in [4.78, 5) is 19.6. The fraction of sp³-hybridized carbons (Fsp3) is 0.529. The number of para-hydroxylation sites is 1. The molecule has 0 aliphatic heterocycles. The van der Waals surface area contributed by atoms with E-state index in [1.54, 1.807) is 6.07 Å². The van der Waals surface area contributed by atoms with E-state index in [1.807, 2.05) is 25.1 Å². The maximum atomic E-state index is 12.2. The molecule has 3 atom stereocenters. The quantitative estimate of drug-likeness (QED) is 0.790. The van der Waals surface area contributed by atoms with E-state index < -0.39 is 0 Å². The van der Waals surface area contributed by atoms with Gasteiger partial charge in [-0.15, -0.1) is 0 Å². The Hall–Kier alpha value is -1.72. The van der Waals surface area contributed by atoms with E-state index in [0.29, 0.717) is 23.2 Å². The molecule has 0 saturated heterocycles. The van der Waals surface area contributed by atoms with E-state index in [4.69, 9.17) is 5.11 Å². The zero-order valence-corrected chi connectivity index (χ0v) is 12.9. The van der Waals surface area contributed by atoms with Crippen LogP contribution in [-0.2, 0) is 0 Å². The second-order valence-electron chi connectivity index (χ2n) is 6.17. The molecular formula is C17H23N3O2. The van der Waals surface area contributed by atoms with Gasteiger partial charge in [-0.05, 0) is 44.2 Å². The summed E-state index contributed by atoms with van der Waals surface area (Å²) in [5.41, 5.74) is 0.640. The highest BCUT2D eigenvalue weighted by Crippen LogP contribution is 2.29. The third-order valence-corrected chi connectivity index (χ3v) is 4.66. The van der Waals surface area contributed by atoms with Crippen LogP contribution in [0.1, 0.15) is 44.5 Å². The van der Waals surface area contributed by atoms with Crippen molar-refractivity contribution in [3.8, 4) is 0 Å². The van der Waals surface area contributed by atoms with E-state index in [-0.39, 0.29) is 18.2 Å². The number of rotatable bonds is 5. The number of aromatic nitrogens is 2. The molecule has 0 unspecified atom stereocenters. The van der Waals surface area contributed by atoms with Gasteiger partial charge >= 0.3 is 0 Å². The van der Waals surface area contributed by atoms with Crippen molar-refractivity contribution >= 4 is 10.9 Å². The second kappa shape index (κ2) is 6.58. The molecule has 1 heterocycles. The van der Waals surface area contributed by atoms with Crippen LogP contribution in [0.4, 0.5) is 0 Å². The van der Waals surface area contributed by atoms with Gasteiger partial charge in [-0.3, -0.25) is 4.79 Å². The molecule has 5 heteroatoms. The molecule has 3 rings (SSSR count). The predicted molar refractivity (Wildman–Crippen MR) is 86.7 cm³/mol. The normalized spacial score (nSPS) is 23.0. The summed E-state index contributed by atoms with van der Waals surface area (Å²) < 4.78 is 0. The average Bonchev–Trinajstić information content (AvgIpc) is 2.95. The van der Waals surface area contributed by atoms with Gasteiger partial charge in [0.05, 0.1) is 16.9 Å². The van der Waals surface area contributed by atoms with E-state index in [1.165, 1.54) is 6.42 Å². The van der Waals surface area contributed by atoms with Crippen molar-refractivity contribution in [2.24, 2.45) is 5.92 Å². The topological polar surface area (TPSA) is 78.0 Å². The Bertz CT molecular complexity index is 698. The Kier molecular flexibility index (Phi) is 4.55. The molecule has 1 aromatic carbocycles. The number of hydrogen-bond acceptors (Lipinski definition) is 4. The van der Waals surface area contributed by atoms with Crippen molar-refractivity contribution in [3.63, 3.8) is 0 Å². The Morgan fingerprint density at radius 3 is 3.05 bits per heavy atom. The molecular weight excluding hydrogens is 278 g/mol. The minimum Gasteiger partial charge on any atom is -0.396 e. The largest absolute Gasteiger partial charge is 0.396 e. The van der Waals surface area contributed by atoms with Crippen molar-refractivity contribution < 1.29 is 5.11 Å². The fourth-order valence-corrected chi connectivity index (χ4v) is 3.48. The van der Waals surface area contributed by atoms with Gasteiger partial charge in [-0.25, -0.2) is 4.98 Å². The maximum absolute atomic E-state index is 12.2. The minimum absolute atomic E-state index is 0.0124. The lowest BCUT2D eigenvalue weighted by molar-refractivity contribution is 0.237. The van der Waals surface area contributed by atoms with Crippen LogP contribution in [0, 0.1) is 5.92 Å². The smallest absolute Gasteiger partial charge is 0.258 e. The van der Waals surface area contributed by atoms with E-state index in [2.05, 4.69) is 15.3 Å². The van der Waals surface area contributed by atoms with Gasteiger partial charge in [0.15, 0.2) is 0 Å². The number of hydrogen-bond donors (Lipinski definition) is 3. The number of fused-ring (bicyclic) bond motifs is 1. The lowest BCUT2D eigenvalue weighted by Gasteiger charge is -2.24. The molecule has 1 aliphatic rings. The van der Waals surface area contributed by atoms with Crippen LogP contribution >= 0.6 is 0 Å². The van der Waals surface area contributed by atoms with E-state index in [9.17, 15) is 4.79 Å². The monoisotopic (exact) mass is 301 g/mol. The molecule has 0 bridgehead atoms. The first-order valence-electron chi connectivity index (χ1n) is 8.05. The number of aliphatic hydroxyl groups is 1. The van der Waals surface area contributed by atoms with Gasteiger partial charge in [0.1, 0.15) is 5.82 Å². The number of aliphatic hydroxyl groups excluding tert-OH is 1. The van der Waals surface area contributed by atoms with Crippen LogP contribution in [0.15, 0.2) is 29.1 Å². The standard InChI is InChI=1S/C17H23N3O2/c1-11(18-14-8-4-5-12(14)9-10-21)16-19-15-7-3-2-6-13(15)17(22)20-16/h2-3,6-7,11-12,14,18,21H,4-5,8-10H2,1H3,(H,19,20,22)/t11-,12-,14+/m0/s1. The maximum Gasteiger partial charge on any atom is 0.258 e. The van der Waals surface area contributed by atoms with Gasteiger partial charge in [0.2, 0.25) is 0 Å². The van der Waals surface area contributed by atoms with Crippen LogP contribution in [0.5, 0.6) is 0 Å². The first kappa shape index (κ1) is 15.2. The SMILES string of the molecule is C[C@H](N[C@@H]1CCC[C@H]1CCO)c1nc2ccccc2c(=O)[nH]1. The minimum atomic E-state index is -0.0902. The molecule has 5 nitrogen and oxygen atoms in total. The third kappa shape index (κ3) is 3.05. The lowest BCUT2D eigenvalue weighted by Crippen LogP contribution is -2.36. The van der Waals surface area contributed by atoms with Crippen LogP contribution in [0.2, 0.25) is 0 Å². The molecule has 0 amide bonds. The zero-order chi connectivity index (χ0) is 15.5. The molecule has 1 saturated carbocycles. The van der Waals surface area contributed by atoms with Crippen molar-refractivity contribution in [2.75, 3.05) is 6.61 Å². The fourth-order valence-electron chi connectivity index (χ4n) is 3.48. The molecule has 1 aromatic heterocycles. The summed E-state index contributed by atoms with van der Waals surface area (Å²) in [5, 5.41) is 13.4. The van der Waals surface area contributed by atoms with Crippen molar-refractivity contribution in [1.29, 1.82) is 0 Å². The molecule has 0 spiro atoms. The van der Waals surface area contributed by atoms with E-state index >= 15 is 0 Å². The highest BCUT2D eigenvalue weighted by molar-refractivity contribution is 5.77. The Labute approximate surface area is 129 Å².